The minimum atomic E-state index is -2.81. The van der Waals surface area contributed by atoms with E-state index in [4.69, 9.17) is 10.4 Å². The molecule has 0 saturated heterocycles. The molecule has 1 atom stereocenters. The molecule has 7 heteroatoms. The number of aromatic nitrogens is 2. The lowest BCUT2D eigenvalue weighted by Gasteiger charge is -2.11. The van der Waals surface area contributed by atoms with Gasteiger partial charge >= 0.3 is 0 Å². The quantitative estimate of drug-likeness (QED) is 0.796. The van der Waals surface area contributed by atoms with Gasteiger partial charge in [-0.3, -0.25) is 4.68 Å². The summed E-state index contributed by atoms with van der Waals surface area (Å²) in [6.45, 7) is 1.32. The molecule has 1 unspecified atom stereocenters. The highest BCUT2D eigenvalue weighted by Crippen LogP contribution is 2.17. The number of anilines is 1. The van der Waals surface area contributed by atoms with Crippen LogP contribution in [0.4, 0.5) is 14.6 Å². The van der Waals surface area contributed by atoms with Gasteiger partial charge in [-0.15, -0.1) is 0 Å². The van der Waals surface area contributed by atoms with Crippen LogP contribution in [0.3, 0.4) is 0 Å². The molecular weight excluding hydrogens is 218 g/mol. The number of halogens is 2. The van der Waals surface area contributed by atoms with E-state index < -0.39 is 12.5 Å². The summed E-state index contributed by atoms with van der Waals surface area (Å²) in [7, 11) is 1.59. The Hall–Kier alpha value is -1.68. The summed E-state index contributed by atoms with van der Waals surface area (Å²) in [5, 5.41) is 24.3. The number of aliphatic hydroxyl groups is 1. The van der Waals surface area contributed by atoms with Crippen molar-refractivity contribution in [3.8, 4) is 6.07 Å². The third-order valence-electron chi connectivity index (χ3n) is 2.10. The van der Waals surface area contributed by atoms with Crippen molar-refractivity contribution in [1.82, 2.24) is 9.78 Å². The number of alkyl halides is 2. The minimum Gasteiger partial charge on any atom is -0.385 e. The van der Waals surface area contributed by atoms with Crippen LogP contribution in [0.15, 0.2) is 0 Å². The number of rotatable bonds is 4. The van der Waals surface area contributed by atoms with Crippen molar-refractivity contribution in [2.75, 3.05) is 11.9 Å². The Morgan fingerprint density at radius 3 is 2.75 bits per heavy atom. The number of nitriles is 1. The summed E-state index contributed by atoms with van der Waals surface area (Å²) >= 11 is 0. The Morgan fingerprint density at radius 1 is 1.62 bits per heavy atom. The predicted octanol–water partition coefficient (Wildman–Crippen LogP) is 0.638. The van der Waals surface area contributed by atoms with Crippen LogP contribution in [-0.4, -0.2) is 34.0 Å². The second-order valence-corrected chi connectivity index (χ2v) is 3.33. The summed E-state index contributed by atoms with van der Waals surface area (Å²) in [4.78, 5) is 0. The number of hydrogen-bond acceptors (Lipinski definition) is 4. The van der Waals surface area contributed by atoms with Gasteiger partial charge in [-0.2, -0.15) is 10.4 Å². The molecule has 0 radical (unpaired) electrons. The topological polar surface area (TPSA) is 73.9 Å². The van der Waals surface area contributed by atoms with Crippen molar-refractivity contribution in [2.24, 2.45) is 7.05 Å². The number of aryl methyl sites for hydroxylation is 2. The van der Waals surface area contributed by atoms with Gasteiger partial charge in [0.25, 0.3) is 6.43 Å². The molecule has 1 aromatic rings. The van der Waals surface area contributed by atoms with Gasteiger partial charge in [0.15, 0.2) is 0 Å². The third kappa shape index (κ3) is 2.46. The van der Waals surface area contributed by atoms with E-state index in [2.05, 4.69) is 10.4 Å². The fraction of sp³-hybridized carbons (Fsp3) is 0.556. The van der Waals surface area contributed by atoms with Crippen LogP contribution in [-0.2, 0) is 7.05 Å². The molecule has 16 heavy (non-hydrogen) atoms. The molecule has 1 heterocycles. The van der Waals surface area contributed by atoms with Crippen LogP contribution in [0, 0.1) is 18.3 Å². The van der Waals surface area contributed by atoms with Gasteiger partial charge in [0.2, 0.25) is 0 Å². The van der Waals surface area contributed by atoms with E-state index in [1.807, 2.05) is 6.07 Å². The van der Waals surface area contributed by atoms with Crippen LogP contribution in [0.1, 0.15) is 11.3 Å². The zero-order valence-electron chi connectivity index (χ0n) is 8.91. The molecule has 0 amide bonds. The van der Waals surface area contributed by atoms with E-state index in [0.717, 1.165) is 0 Å². The van der Waals surface area contributed by atoms with Crippen molar-refractivity contribution in [1.29, 1.82) is 5.26 Å². The average Bonchev–Trinajstić information content (AvgIpc) is 2.48. The molecule has 0 spiro atoms. The van der Waals surface area contributed by atoms with Gasteiger partial charge in [-0.05, 0) is 6.92 Å². The molecular formula is C9H12F2N4O. The largest absolute Gasteiger partial charge is 0.385 e. The van der Waals surface area contributed by atoms with Gasteiger partial charge in [-0.1, -0.05) is 0 Å². The summed E-state index contributed by atoms with van der Waals surface area (Å²) < 4.78 is 25.5. The highest BCUT2D eigenvalue weighted by atomic mass is 19.3. The summed E-state index contributed by atoms with van der Waals surface area (Å²) in [5.74, 6) is 0.333. The van der Waals surface area contributed by atoms with Gasteiger partial charge in [0, 0.05) is 13.6 Å². The molecule has 0 aromatic carbocycles. The number of nitrogens with zero attached hydrogens (tertiary/aromatic N) is 3. The van der Waals surface area contributed by atoms with E-state index >= 15 is 0 Å². The molecule has 1 aromatic heterocycles. The van der Waals surface area contributed by atoms with Gasteiger partial charge in [0.1, 0.15) is 23.6 Å². The maximum atomic E-state index is 12.0. The second kappa shape index (κ2) is 4.90. The zero-order chi connectivity index (χ0) is 12.3. The molecule has 0 aliphatic heterocycles. The lowest BCUT2D eigenvalue weighted by molar-refractivity contribution is 0.00377. The molecule has 0 saturated carbocycles. The van der Waals surface area contributed by atoms with Crippen LogP contribution in [0.25, 0.3) is 0 Å². The molecule has 0 fully saturated rings. The van der Waals surface area contributed by atoms with E-state index in [1.54, 1.807) is 14.0 Å². The standard InChI is InChI=1S/C9H12F2N4O/c1-5-6(3-12)9(15(2)14-5)13-4-7(16)8(10)11/h7-8,13,16H,4H2,1-2H3. The van der Waals surface area contributed by atoms with Crippen LogP contribution >= 0.6 is 0 Å². The van der Waals surface area contributed by atoms with Gasteiger partial charge in [0.05, 0.1) is 5.69 Å². The molecule has 0 aliphatic carbocycles. The first-order valence-electron chi connectivity index (χ1n) is 4.61. The Kier molecular flexibility index (Phi) is 3.79. The van der Waals surface area contributed by atoms with Crippen LogP contribution in [0.2, 0.25) is 0 Å². The SMILES string of the molecule is Cc1nn(C)c(NCC(O)C(F)F)c1C#N. The highest BCUT2D eigenvalue weighted by molar-refractivity contribution is 5.54. The fourth-order valence-electron chi connectivity index (χ4n) is 1.29. The van der Waals surface area contributed by atoms with Crippen LogP contribution < -0.4 is 5.32 Å². The van der Waals surface area contributed by atoms with Crippen molar-refractivity contribution in [3.63, 3.8) is 0 Å². The van der Waals surface area contributed by atoms with E-state index in [-0.39, 0.29) is 6.54 Å². The monoisotopic (exact) mass is 230 g/mol. The highest BCUT2D eigenvalue weighted by Gasteiger charge is 2.19. The fourth-order valence-corrected chi connectivity index (χ4v) is 1.29. The first-order chi connectivity index (χ1) is 7.47. The van der Waals surface area contributed by atoms with Crippen LogP contribution in [0.5, 0.6) is 0 Å². The van der Waals surface area contributed by atoms with Gasteiger partial charge < -0.3 is 10.4 Å². The minimum absolute atomic E-state index is 0.295. The molecule has 0 bridgehead atoms. The van der Waals surface area contributed by atoms with Crippen molar-refractivity contribution in [3.05, 3.63) is 11.3 Å². The predicted molar refractivity (Wildman–Crippen MR) is 53.2 cm³/mol. The average molecular weight is 230 g/mol. The Labute approximate surface area is 91.3 Å². The van der Waals surface area contributed by atoms with E-state index in [1.165, 1.54) is 4.68 Å². The number of hydrogen-bond donors (Lipinski definition) is 2. The summed E-state index contributed by atoms with van der Waals surface area (Å²) in [5.41, 5.74) is 0.808. The first kappa shape index (κ1) is 12.4. The van der Waals surface area contributed by atoms with Crippen molar-refractivity contribution < 1.29 is 13.9 Å². The molecule has 5 nitrogen and oxygen atoms in total. The maximum absolute atomic E-state index is 12.0. The Morgan fingerprint density at radius 2 is 2.25 bits per heavy atom. The van der Waals surface area contributed by atoms with E-state index in [0.29, 0.717) is 17.1 Å². The lowest BCUT2D eigenvalue weighted by Crippen LogP contribution is -2.27. The van der Waals surface area contributed by atoms with Crippen molar-refractivity contribution in [2.45, 2.75) is 19.5 Å². The molecule has 0 aliphatic rings. The molecule has 2 N–H and O–H groups in total. The van der Waals surface area contributed by atoms with Crippen molar-refractivity contribution >= 4 is 5.82 Å². The Balaban J connectivity index is 2.78. The maximum Gasteiger partial charge on any atom is 0.265 e. The molecule has 88 valence electrons. The third-order valence-corrected chi connectivity index (χ3v) is 2.10. The summed E-state index contributed by atoms with van der Waals surface area (Å²) in [6.07, 6.45) is -4.57. The molecule has 1 rings (SSSR count). The number of aliphatic hydroxyl groups excluding tert-OH is 1. The summed E-state index contributed by atoms with van der Waals surface area (Å²) in [6, 6.07) is 1.92. The van der Waals surface area contributed by atoms with Gasteiger partial charge in [-0.25, -0.2) is 8.78 Å². The second-order valence-electron chi connectivity index (χ2n) is 3.33. The normalized spacial score (nSPS) is 12.6. The first-order valence-corrected chi connectivity index (χ1v) is 4.61. The smallest absolute Gasteiger partial charge is 0.265 e. The Bertz CT molecular complexity index is 410. The lowest BCUT2D eigenvalue weighted by atomic mass is 10.2. The zero-order valence-corrected chi connectivity index (χ0v) is 8.91. The number of nitrogens with one attached hydrogen (secondary N) is 1. The van der Waals surface area contributed by atoms with E-state index in [9.17, 15) is 8.78 Å².